The molecule has 10 aromatic heterocycles. The molecule has 16 heteroatoms. The number of aryl methyl sites for hydroxylation is 2. The lowest BCUT2D eigenvalue weighted by molar-refractivity contribution is -0.141. The van der Waals surface area contributed by atoms with Crippen LogP contribution in [-0.2, 0) is 50.3 Å². The monoisotopic (exact) mass is 1260 g/mol. The molecule has 0 amide bonds. The van der Waals surface area contributed by atoms with Crippen LogP contribution >= 0.6 is 22.7 Å². The summed E-state index contributed by atoms with van der Waals surface area (Å²) in [5, 5.41) is 6.78. The van der Waals surface area contributed by atoms with Gasteiger partial charge >= 0.3 is 12.4 Å². The Labute approximate surface area is 534 Å². The van der Waals surface area contributed by atoms with Crippen molar-refractivity contribution in [3.63, 3.8) is 0 Å². The summed E-state index contributed by atoms with van der Waals surface area (Å²) in [6.45, 7) is 47.8. The van der Waals surface area contributed by atoms with E-state index in [2.05, 4.69) is 211 Å². The maximum Gasteiger partial charge on any atom is 0.433 e. The summed E-state index contributed by atoms with van der Waals surface area (Å²) in [5.41, 5.74) is 8.87. The van der Waals surface area contributed by atoms with Crippen LogP contribution in [0.3, 0.4) is 0 Å². The Morgan fingerprint density at radius 3 is 1.30 bits per heavy atom. The highest BCUT2D eigenvalue weighted by atomic mass is 32.1. The van der Waals surface area contributed by atoms with Gasteiger partial charge in [-0.15, -0.1) is 22.7 Å². The molecule has 10 rings (SSSR count). The molecule has 8 nitrogen and oxygen atoms in total. The third kappa shape index (κ3) is 24.4. The van der Waals surface area contributed by atoms with E-state index in [1.54, 1.807) is 28.7 Å². The molecule has 10 aromatic rings. The lowest BCUT2D eigenvalue weighted by atomic mass is 9.91. The summed E-state index contributed by atoms with van der Waals surface area (Å²) < 4.78 is 78.5. The minimum absolute atomic E-state index is 0.131. The quantitative estimate of drug-likeness (QED) is 0.140. The van der Waals surface area contributed by atoms with Crippen LogP contribution in [0.5, 0.6) is 0 Å². The molecule has 0 aliphatic heterocycles. The van der Waals surface area contributed by atoms with Crippen molar-refractivity contribution < 1.29 is 26.3 Å². The van der Waals surface area contributed by atoms with Gasteiger partial charge in [0.25, 0.3) is 0 Å². The van der Waals surface area contributed by atoms with Crippen molar-refractivity contribution in [1.82, 2.24) is 39.3 Å². The minimum atomic E-state index is -4.36. The van der Waals surface area contributed by atoms with E-state index >= 15 is 0 Å². The first-order chi connectivity index (χ1) is 40.6. The third-order valence-corrected chi connectivity index (χ3v) is 15.2. The molecule has 0 saturated carbocycles. The van der Waals surface area contributed by atoms with Gasteiger partial charge in [-0.25, -0.2) is 9.97 Å². The zero-order chi connectivity index (χ0) is 67.4. The molecule has 0 aliphatic rings. The first kappa shape index (κ1) is 74.6. The van der Waals surface area contributed by atoms with Gasteiger partial charge in [-0.3, -0.25) is 24.9 Å². The van der Waals surface area contributed by atoms with Crippen molar-refractivity contribution in [3.8, 4) is 0 Å². The molecule has 0 atom stereocenters. The number of thiophene rings is 2. The van der Waals surface area contributed by atoms with Crippen molar-refractivity contribution in [1.29, 1.82) is 0 Å². The van der Waals surface area contributed by atoms with Crippen LogP contribution in [0.15, 0.2) is 151 Å². The molecule has 0 spiro atoms. The largest absolute Gasteiger partial charge is 0.433 e. The molecule has 0 saturated heterocycles. The molecule has 0 N–H and O–H groups in total. The number of nitrogens with zero attached hydrogens (tertiary/aromatic N) is 8. The summed E-state index contributed by atoms with van der Waals surface area (Å²) in [7, 11) is 0. The van der Waals surface area contributed by atoms with Crippen molar-refractivity contribution in [3.05, 3.63) is 214 Å². The number of hydrogen-bond donors (Lipinski definition) is 0. The van der Waals surface area contributed by atoms with E-state index in [1.807, 2.05) is 102 Å². The van der Waals surface area contributed by atoms with Crippen LogP contribution < -0.4 is 0 Å². The Balaban J connectivity index is 0.000000222. The van der Waals surface area contributed by atoms with E-state index in [4.69, 9.17) is 0 Å². The number of aromatic nitrogens is 8. The highest BCUT2D eigenvalue weighted by molar-refractivity contribution is 7.17. The summed E-state index contributed by atoms with van der Waals surface area (Å²) in [6.07, 6.45) is 2.24. The zero-order valence-electron chi connectivity index (χ0n) is 56.6. The van der Waals surface area contributed by atoms with Crippen molar-refractivity contribution in [2.24, 2.45) is 0 Å². The lowest BCUT2D eigenvalue weighted by Gasteiger charge is -2.18. The van der Waals surface area contributed by atoms with Gasteiger partial charge in [0.1, 0.15) is 5.69 Å². The predicted octanol–water partition coefficient (Wildman–Crippen LogP) is 22.0. The first-order valence-electron chi connectivity index (χ1n) is 29.7. The summed E-state index contributed by atoms with van der Waals surface area (Å²) in [4.78, 5) is 29.6. The molecule has 89 heavy (non-hydrogen) atoms. The van der Waals surface area contributed by atoms with Gasteiger partial charge in [0.05, 0.1) is 16.6 Å². The molecule has 0 bridgehead atoms. The molecular formula is C73H94F6N8S2. The highest BCUT2D eigenvalue weighted by Gasteiger charge is 2.34. The minimum Gasteiger partial charge on any atom is -0.308 e. The summed E-state index contributed by atoms with van der Waals surface area (Å²) in [6, 6.07) is 31.3. The zero-order valence-corrected chi connectivity index (χ0v) is 58.2. The Morgan fingerprint density at radius 1 is 0.360 bits per heavy atom. The SMILES string of the molecule is CC(C)(C)c1cc(C(F)(F)F)ccn1.CC(C)(C)c1cc2cccn2cn1.CC(C)(C)c1cc2ccsc2cn1.CC(C)(C)c1cc2sccc2cn1.CC(C)(C)c1cccc(C(F)(F)F)n1.Cc1cccc(C(C)(C)C)n1.Cc1ccnc(C(C)(C)C)c1. The molecule has 0 aliphatic carbocycles. The van der Waals surface area contributed by atoms with Gasteiger partial charge < -0.3 is 4.40 Å². The summed E-state index contributed by atoms with van der Waals surface area (Å²) >= 11 is 3.52. The molecule has 10 heterocycles. The molecule has 0 fully saturated rings. The van der Waals surface area contributed by atoms with Crippen LogP contribution in [0.25, 0.3) is 25.7 Å². The average molecular weight is 1260 g/mol. The number of halogens is 6. The van der Waals surface area contributed by atoms with E-state index in [9.17, 15) is 26.3 Å². The van der Waals surface area contributed by atoms with Crippen LogP contribution in [0, 0.1) is 13.8 Å². The average Bonchev–Trinajstić information content (AvgIpc) is 4.15. The number of alkyl halides is 6. The van der Waals surface area contributed by atoms with E-state index in [0.29, 0.717) is 11.4 Å². The predicted molar refractivity (Wildman–Crippen MR) is 362 cm³/mol. The fourth-order valence-electron chi connectivity index (χ4n) is 7.82. The summed E-state index contributed by atoms with van der Waals surface area (Å²) in [5.74, 6) is 0. The molecular weight excluding hydrogens is 1170 g/mol. The Kier molecular flexibility index (Phi) is 25.0. The lowest BCUT2D eigenvalue weighted by Crippen LogP contribution is -2.17. The van der Waals surface area contributed by atoms with Crippen LogP contribution in [0.2, 0.25) is 0 Å². The topological polar surface area (TPSA) is 94.6 Å². The van der Waals surface area contributed by atoms with Crippen molar-refractivity contribution in [2.45, 2.75) is 210 Å². The van der Waals surface area contributed by atoms with Crippen LogP contribution in [-0.4, -0.2) is 39.3 Å². The third-order valence-electron chi connectivity index (χ3n) is 13.4. The van der Waals surface area contributed by atoms with Gasteiger partial charge in [0, 0.05) is 130 Å². The maximum atomic E-state index is 12.3. The Bertz CT molecular complexity index is 3420. The molecule has 480 valence electrons. The van der Waals surface area contributed by atoms with Crippen molar-refractivity contribution in [2.75, 3.05) is 0 Å². The second kappa shape index (κ2) is 29.8. The van der Waals surface area contributed by atoms with Gasteiger partial charge in [0.15, 0.2) is 0 Å². The van der Waals surface area contributed by atoms with Gasteiger partial charge in [-0.2, -0.15) is 26.3 Å². The second-order valence-electron chi connectivity index (χ2n) is 29.1. The van der Waals surface area contributed by atoms with Gasteiger partial charge in [-0.1, -0.05) is 158 Å². The second-order valence-corrected chi connectivity index (χ2v) is 31.0. The number of fused-ring (bicyclic) bond motifs is 3. The van der Waals surface area contributed by atoms with E-state index < -0.39 is 23.6 Å². The van der Waals surface area contributed by atoms with Crippen LogP contribution in [0.1, 0.15) is 208 Å². The van der Waals surface area contributed by atoms with Gasteiger partial charge in [0.2, 0.25) is 0 Å². The van der Waals surface area contributed by atoms with Gasteiger partial charge in [-0.05, 0) is 127 Å². The highest BCUT2D eigenvalue weighted by Crippen LogP contribution is 2.33. The van der Waals surface area contributed by atoms with E-state index in [0.717, 1.165) is 41.0 Å². The normalized spacial score (nSPS) is 12.3. The van der Waals surface area contributed by atoms with E-state index in [1.165, 1.54) is 54.9 Å². The fraction of sp³-hybridized carbons (Fsp3) is 0.438. The molecule has 0 radical (unpaired) electrons. The molecule has 0 aromatic carbocycles. The Morgan fingerprint density at radius 2 is 0.809 bits per heavy atom. The smallest absolute Gasteiger partial charge is 0.308 e. The van der Waals surface area contributed by atoms with E-state index in [-0.39, 0.29) is 37.9 Å². The number of hydrogen-bond acceptors (Lipinski definition) is 9. The standard InChI is InChI=1S/C11H14N2.2C11H13NS.2C10H12F3N.2C10H15N/c1-11(2,3)10-7-9-5-4-6-13(9)8-12-10;1-11(2,3)10-6-9-8(7-12-10)4-5-13-9;1-11(2,3)10-6-8-4-5-13-9(8)7-12-10;1-9(2,3)8-6-7(4-5-14-8)10(11,12)13;1-9(2,3)7-5-4-6-8(14-7)10(11,12)13;1-8-5-6-11-9(7-8)10(2,3)4;1-8-6-5-7-9(11-8)10(2,3)4/h4-8H,1-3H3;2*4-7H,1-3H3;2*4-6H,1-3H3;2*5-7H,1-4H3. The Hall–Kier alpha value is -6.91. The number of pyridine rings is 6. The number of rotatable bonds is 0. The van der Waals surface area contributed by atoms with Crippen molar-refractivity contribution >= 4 is 48.4 Å². The maximum absolute atomic E-state index is 12.3. The fourth-order valence-corrected chi connectivity index (χ4v) is 9.36. The first-order valence-corrected chi connectivity index (χ1v) is 31.5. The molecule has 0 unspecified atom stereocenters. The van der Waals surface area contributed by atoms with Crippen LogP contribution in [0.4, 0.5) is 26.3 Å².